The fourth-order valence-electron chi connectivity index (χ4n) is 2.41. The molecule has 0 bridgehead atoms. The van der Waals surface area contributed by atoms with Crippen molar-refractivity contribution in [1.82, 2.24) is 0 Å². The van der Waals surface area contributed by atoms with Crippen LogP contribution in [-0.2, 0) is 0 Å². The highest BCUT2D eigenvalue weighted by atomic mass is 16.3. The van der Waals surface area contributed by atoms with Crippen molar-refractivity contribution in [2.45, 2.75) is 44.8 Å². The fraction of sp³-hybridized carbons (Fsp3) is 0.600. The average molecular weight is 249 g/mol. The standard InChI is InChI=1S/C15H23NO2/c1-12(18)13-6-8-15(9-7-13)16(10-3-11-17)14-4-2-5-14/h6-9,12,14,17-18H,2-5,10-11H2,1H3. The third kappa shape index (κ3) is 3.03. The van der Waals surface area contributed by atoms with E-state index in [1.165, 1.54) is 24.9 Å². The van der Waals surface area contributed by atoms with E-state index < -0.39 is 6.10 Å². The minimum Gasteiger partial charge on any atom is -0.396 e. The van der Waals surface area contributed by atoms with Crippen molar-refractivity contribution in [2.24, 2.45) is 0 Å². The SMILES string of the molecule is CC(O)c1ccc(N(CCCO)C2CCC2)cc1. The zero-order valence-electron chi connectivity index (χ0n) is 11.0. The van der Waals surface area contributed by atoms with E-state index in [1.807, 2.05) is 12.1 Å². The van der Waals surface area contributed by atoms with Gasteiger partial charge in [0.05, 0.1) is 6.10 Å². The Morgan fingerprint density at radius 2 is 1.94 bits per heavy atom. The molecule has 0 amide bonds. The van der Waals surface area contributed by atoms with Gasteiger partial charge >= 0.3 is 0 Å². The summed E-state index contributed by atoms with van der Waals surface area (Å²) >= 11 is 0. The van der Waals surface area contributed by atoms with Gasteiger partial charge in [-0.15, -0.1) is 0 Å². The van der Waals surface area contributed by atoms with Crippen LogP contribution in [0, 0.1) is 0 Å². The highest BCUT2D eigenvalue weighted by Crippen LogP contribution is 2.30. The van der Waals surface area contributed by atoms with E-state index in [1.54, 1.807) is 6.92 Å². The molecule has 100 valence electrons. The Hall–Kier alpha value is -1.06. The molecule has 1 saturated carbocycles. The lowest BCUT2D eigenvalue weighted by molar-refractivity contribution is 0.199. The van der Waals surface area contributed by atoms with Crippen LogP contribution in [0.15, 0.2) is 24.3 Å². The summed E-state index contributed by atoms with van der Waals surface area (Å²) in [7, 11) is 0. The first-order valence-corrected chi connectivity index (χ1v) is 6.88. The molecule has 1 fully saturated rings. The van der Waals surface area contributed by atoms with Crippen molar-refractivity contribution in [3.8, 4) is 0 Å². The van der Waals surface area contributed by atoms with E-state index in [2.05, 4.69) is 17.0 Å². The third-order valence-electron chi connectivity index (χ3n) is 3.78. The molecule has 1 unspecified atom stereocenters. The van der Waals surface area contributed by atoms with Crippen molar-refractivity contribution in [3.63, 3.8) is 0 Å². The fourth-order valence-corrected chi connectivity index (χ4v) is 2.41. The van der Waals surface area contributed by atoms with E-state index in [0.717, 1.165) is 18.5 Å². The summed E-state index contributed by atoms with van der Waals surface area (Å²) in [4.78, 5) is 2.39. The van der Waals surface area contributed by atoms with Crippen LogP contribution in [-0.4, -0.2) is 29.4 Å². The van der Waals surface area contributed by atoms with Gasteiger partial charge in [-0.25, -0.2) is 0 Å². The Kier molecular flexibility index (Phi) is 4.61. The van der Waals surface area contributed by atoms with Gasteiger partial charge in [0.25, 0.3) is 0 Å². The van der Waals surface area contributed by atoms with Crippen LogP contribution in [0.1, 0.15) is 44.3 Å². The summed E-state index contributed by atoms with van der Waals surface area (Å²) in [5.41, 5.74) is 2.16. The lowest BCUT2D eigenvalue weighted by Gasteiger charge is -2.39. The van der Waals surface area contributed by atoms with Crippen LogP contribution in [0.3, 0.4) is 0 Å². The highest BCUT2D eigenvalue weighted by molar-refractivity contribution is 5.49. The summed E-state index contributed by atoms with van der Waals surface area (Å²) in [5.74, 6) is 0. The summed E-state index contributed by atoms with van der Waals surface area (Å²) in [6, 6.07) is 8.78. The molecule has 1 atom stereocenters. The van der Waals surface area contributed by atoms with E-state index in [0.29, 0.717) is 6.04 Å². The van der Waals surface area contributed by atoms with Crippen molar-refractivity contribution >= 4 is 5.69 Å². The van der Waals surface area contributed by atoms with Gasteiger partial charge in [-0.3, -0.25) is 0 Å². The van der Waals surface area contributed by atoms with Crippen molar-refractivity contribution in [3.05, 3.63) is 29.8 Å². The molecule has 0 radical (unpaired) electrons. The molecule has 0 aliphatic heterocycles. The van der Waals surface area contributed by atoms with Gasteiger partial charge in [0.1, 0.15) is 0 Å². The predicted molar refractivity (Wildman–Crippen MR) is 73.8 cm³/mol. The number of anilines is 1. The monoisotopic (exact) mass is 249 g/mol. The first kappa shape index (κ1) is 13.4. The number of hydrogen-bond acceptors (Lipinski definition) is 3. The summed E-state index contributed by atoms with van der Waals surface area (Å²) in [6.07, 6.45) is 4.22. The number of benzene rings is 1. The third-order valence-corrected chi connectivity index (χ3v) is 3.78. The molecule has 1 aliphatic rings. The lowest BCUT2D eigenvalue weighted by Crippen LogP contribution is -2.41. The Morgan fingerprint density at radius 1 is 1.28 bits per heavy atom. The highest BCUT2D eigenvalue weighted by Gasteiger charge is 2.24. The van der Waals surface area contributed by atoms with Crippen molar-refractivity contribution in [2.75, 3.05) is 18.1 Å². The van der Waals surface area contributed by atoms with E-state index >= 15 is 0 Å². The molecule has 1 aromatic rings. The molecule has 0 aromatic heterocycles. The van der Waals surface area contributed by atoms with Crippen LogP contribution in [0.25, 0.3) is 0 Å². The van der Waals surface area contributed by atoms with Gasteiger partial charge in [-0.1, -0.05) is 12.1 Å². The minimum absolute atomic E-state index is 0.245. The molecule has 18 heavy (non-hydrogen) atoms. The van der Waals surface area contributed by atoms with Gasteiger partial charge in [0.15, 0.2) is 0 Å². The molecule has 2 N–H and O–H groups in total. The second kappa shape index (κ2) is 6.21. The maximum atomic E-state index is 9.51. The zero-order valence-corrected chi connectivity index (χ0v) is 11.0. The molecule has 0 spiro atoms. The Morgan fingerprint density at radius 3 is 2.39 bits per heavy atom. The number of aliphatic hydroxyl groups excluding tert-OH is 2. The van der Waals surface area contributed by atoms with E-state index in [4.69, 9.17) is 5.11 Å². The lowest BCUT2D eigenvalue weighted by atomic mass is 9.90. The van der Waals surface area contributed by atoms with Crippen LogP contribution in [0.2, 0.25) is 0 Å². The molecule has 2 rings (SSSR count). The van der Waals surface area contributed by atoms with Crippen molar-refractivity contribution in [1.29, 1.82) is 0 Å². The average Bonchev–Trinajstić information content (AvgIpc) is 2.32. The summed E-state index contributed by atoms with van der Waals surface area (Å²) < 4.78 is 0. The number of aliphatic hydroxyl groups is 2. The Labute approximate surface area is 109 Å². The normalized spacial score (nSPS) is 17.3. The second-order valence-electron chi connectivity index (χ2n) is 5.12. The minimum atomic E-state index is -0.409. The smallest absolute Gasteiger partial charge is 0.0761 e. The van der Waals surface area contributed by atoms with Crippen molar-refractivity contribution < 1.29 is 10.2 Å². The van der Waals surface area contributed by atoms with Crippen LogP contribution in [0.4, 0.5) is 5.69 Å². The molecular weight excluding hydrogens is 226 g/mol. The maximum absolute atomic E-state index is 9.51. The largest absolute Gasteiger partial charge is 0.396 e. The molecule has 3 heteroatoms. The topological polar surface area (TPSA) is 43.7 Å². The molecular formula is C15H23NO2. The van der Waals surface area contributed by atoms with Gasteiger partial charge in [0, 0.05) is 24.9 Å². The van der Waals surface area contributed by atoms with Crippen LogP contribution in [0.5, 0.6) is 0 Å². The van der Waals surface area contributed by atoms with Crippen LogP contribution < -0.4 is 4.90 Å². The number of hydrogen-bond donors (Lipinski definition) is 2. The van der Waals surface area contributed by atoms with Gasteiger partial charge in [-0.2, -0.15) is 0 Å². The van der Waals surface area contributed by atoms with Gasteiger partial charge in [-0.05, 0) is 50.3 Å². The first-order valence-electron chi connectivity index (χ1n) is 6.88. The summed E-state index contributed by atoms with van der Waals surface area (Å²) in [6.45, 7) is 2.94. The molecule has 0 heterocycles. The molecule has 1 aliphatic carbocycles. The number of rotatable bonds is 6. The molecule has 3 nitrogen and oxygen atoms in total. The second-order valence-corrected chi connectivity index (χ2v) is 5.12. The van der Waals surface area contributed by atoms with Crippen LogP contribution >= 0.6 is 0 Å². The number of nitrogens with zero attached hydrogens (tertiary/aromatic N) is 1. The molecule has 0 saturated heterocycles. The quantitative estimate of drug-likeness (QED) is 0.814. The van der Waals surface area contributed by atoms with E-state index in [-0.39, 0.29) is 6.61 Å². The Balaban J connectivity index is 2.08. The first-order chi connectivity index (χ1) is 8.72. The van der Waals surface area contributed by atoms with E-state index in [9.17, 15) is 5.11 Å². The van der Waals surface area contributed by atoms with Gasteiger partial charge < -0.3 is 15.1 Å². The van der Waals surface area contributed by atoms with Gasteiger partial charge in [0.2, 0.25) is 0 Å². The zero-order chi connectivity index (χ0) is 13.0. The molecule has 1 aromatic carbocycles. The summed E-state index contributed by atoms with van der Waals surface area (Å²) in [5, 5.41) is 18.5. The Bertz CT molecular complexity index is 357. The predicted octanol–water partition coefficient (Wildman–Crippen LogP) is 2.48. The maximum Gasteiger partial charge on any atom is 0.0761 e.